The Bertz CT molecular complexity index is 932. The second-order valence-corrected chi connectivity index (χ2v) is 8.22. The highest BCUT2D eigenvalue weighted by molar-refractivity contribution is 7.17. The summed E-state index contributed by atoms with van der Waals surface area (Å²) >= 11 is 1.76. The average Bonchev–Trinajstić information content (AvgIpc) is 3.15. The molecule has 26 heavy (non-hydrogen) atoms. The minimum absolute atomic E-state index is 0.340. The normalized spacial score (nSPS) is 21.1. The Hall–Kier alpha value is -1.95. The van der Waals surface area contributed by atoms with Crippen molar-refractivity contribution in [2.24, 2.45) is 0 Å². The topological polar surface area (TPSA) is 28.6 Å². The van der Waals surface area contributed by atoms with E-state index >= 15 is 0 Å². The minimum atomic E-state index is 0.340. The number of rotatable bonds is 2. The van der Waals surface area contributed by atoms with Gasteiger partial charge in [-0.15, -0.1) is 11.3 Å². The van der Waals surface area contributed by atoms with E-state index in [1.54, 1.807) is 11.3 Å². The summed E-state index contributed by atoms with van der Waals surface area (Å²) in [7, 11) is 2.21. The monoisotopic (exact) mass is 365 g/mol. The quantitative estimate of drug-likeness (QED) is 0.692. The summed E-state index contributed by atoms with van der Waals surface area (Å²) in [5.41, 5.74) is 6.49. The number of aromatic nitrogens is 1. The third-order valence-electron chi connectivity index (χ3n) is 5.50. The lowest BCUT2D eigenvalue weighted by Gasteiger charge is -2.34. The van der Waals surface area contributed by atoms with E-state index in [1.165, 1.54) is 27.2 Å². The van der Waals surface area contributed by atoms with Gasteiger partial charge in [-0.1, -0.05) is 6.07 Å². The van der Waals surface area contributed by atoms with Crippen molar-refractivity contribution in [2.75, 3.05) is 44.8 Å². The maximum Gasteiger partial charge on any atom is 0.0813 e. The van der Waals surface area contributed by atoms with E-state index in [0.717, 1.165) is 44.9 Å². The number of morpholine rings is 1. The molecule has 1 aromatic carbocycles. The van der Waals surface area contributed by atoms with Gasteiger partial charge in [0.05, 0.1) is 23.4 Å². The smallest absolute Gasteiger partial charge is 0.0813 e. The molecule has 0 N–H and O–H groups in total. The van der Waals surface area contributed by atoms with Crippen molar-refractivity contribution in [3.8, 4) is 0 Å². The van der Waals surface area contributed by atoms with Crippen LogP contribution in [0.25, 0.3) is 10.2 Å². The van der Waals surface area contributed by atoms with Crippen LogP contribution in [0.1, 0.15) is 22.7 Å². The molecule has 0 radical (unpaired) electrons. The van der Waals surface area contributed by atoms with E-state index < -0.39 is 0 Å². The van der Waals surface area contributed by atoms with Gasteiger partial charge in [-0.3, -0.25) is 4.98 Å². The fourth-order valence-corrected chi connectivity index (χ4v) is 4.89. The van der Waals surface area contributed by atoms with E-state index in [-0.39, 0.29) is 0 Å². The van der Waals surface area contributed by atoms with Gasteiger partial charge < -0.3 is 14.5 Å². The molecule has 1 atom stereocenters. The molecule has 0 spiro atoms. The van der Waals surface area contributed by atoms with Crippen molar-refractivity contribution in [1.82, 2.24) is 9.88 Å². The van der Waals surface area contributed by atoms with E-state index in [4.69, 9.17) is 9.72 Å². The lowest BCUT2D eigenvalue weighted by atomic mass is 9.87. The molecule has 5 heteroatoms. The SMILES string of the molecule is CN1Cc2cc(N3CCOCC3)ccc2C(c2ccc3sccc3n2)C1. The number of nitrogens with zero attached hydrogens (tertiary/aromatic N) is 3. The Labute approximate surface area is 158 Å². The molecule has 0 amide bonds. The maximum absolute atomic E-state index is 5.50. The van der Waals surface area contributed by atoms with Gasteiger partial charge in [0.1, 0.15) is 0 Å². The molecule has 1 unspecified atom stereocenters. The predicted molar refractivity (Wildman–Crippen MR) is 107 cm³/mol. The lowest BCUT2D eigenvalue weighted by molar-refractivity contribution is 0.122. The van der Waals surface area contributed by atoms with Gasteiger partial charge in [0.25, 0.3) is 0 Å². The van der Waals surface area contributed by atoms with Gasteiger partial charge in [0.15, 0.2) is 0 Å². The molecule has 0 aliphatic carbocycles. The molecule has 3 aromatic rings. The molecule has 0 saturated carbocycles. The number of ether oxygens (including phenoxy) is 1. The first-order valence-electron chi connectivity index (χ1n) is 9.26. The molecule has 1 saturated heterocycles. The Morgan fingerprint density at radius 2 is 2.00 bits per heavy atom. The van der Waals surface area contributed by atoms with Crippen molar-refractivity contribution in [3.63, 3.8) is 0 Å². The van der Waals surface area contributed by atoms with E-state index in [9.17, 15) is 0 Å². The van der Waals surface area contributed by atoms with Gasteiger partial charge in [-0.25, -0.2) is 0 Å². The van der Waals surface area contributed by atoms with Crippen LogP contribution in [-0.2, 0) is 11.3 Å². The van der Waals surface area contributed by atoms with Crippen LogP contribution < -0.4 is 4.90 Å². The van der Waals surface area contributed by atoms with Gasteiger partial charge in [0, 0.05) is 43.5 Å². The molecule has 5 rings (SSSR count). The van der Waals surface area contributed by atoms with Crippen LogP contribution in [0.5, 0.6) is 0 Å². The number of anilines is 1. The third kappa shape index (κ3) is 2.90. The zero-order chi connectivity index (χ0) is 17.5. The van der Waals surface area contributed by atoms with E-state index in [2.05, 4.69) is 58.6 Å². The van der Waals surface area contributed by atoms with Crippen LogP contribution in [0.4, 0.5) is 5.69 Å². The Morgan fingerprint density at radius 3 is 2.88 bits per heavy atom. The van der Waals surface area contributed by atoms with Gasteiger partial charge in [-0.2, -0.15) is 0 Å². The molecule has 2 aliphatic heterocycles. The maximum atomic E-state index is 5.50. The number of likely N-dealkylation sites (N-methyl/N-ethyl adjacent to an activating group) is 1. The van der Waals surface area contributed by atoms with E-state index in [0.29, 0.717) is 5.92 Å². The molecular weight excluding hydrogens is 342 g/mol. The molecular formula is C21H23N3OS. The summed E-state index contributed by atoms with van der Waals surface area (Å²) in [6.45, 7) is 5.63. The summed E-state index contributed by atoms with van der Waals surface area (Å²) in [6.07, 6.45) is 0. The highest BCUT2D eigenvalue weighted by Gasteiger charge is 2.27. The van der Waals surface area contributed by atoms with Crippen molar-refractivity contribution in [2.45, 2.75) is 12.5 Å². The third-order valence-corrected chi connectivity index (χ3v) is 6.37. The Morgan fingerprint density at radius 1 is 1.12 bits per heavy atom. The number of thiophene rings is 1. The lowest BCUT2D eigenvalue weighted by Crippen LogP contribution is -2.37. The zero-order valence-corrected chi connectivity index (χ0v) is 15.8. The number of benzene rings is 1. The molecule has 0 bridgehead atoms. The van der Waals surface area contributed by atoms with Gasteiger partial charge in [-0.05, 0) is 53.9 Å². The predicted octanol–water partition coefficient (Wildman–Crippen LogP) is 3.71. The second-order valence-electron chi connectivity index (χ2n) is 7.27. The van der Waals surface area contributed by atoms with Crippen LogP contribution in [-0.4, -0.2) is 49.8 Å². The molecule has 2 aliphatic rings. The summed E-state index contributed by atoms with van der Waals surface area (Å²) < 4.78 is 6.76. The zero-order valence-electron chi connectivity index (χ0n) is 15.0. The largest absolute Gasteiger partial charge is 0.378 e. The highest BCUT2D eigenvalue weighted by Crippen LogP contribution is 2.35. The number of fused-ring (bicyclic) bond motifs is 2. The van der Waals surface area contributed by atoms with Gasteiger partial charge in [0.2, 0.25) is 0 Å². The second kappa shape index (κ2) is 6.65. The van der Waals surface area contributed by atoms with Crippen LogP contribution in [0.2, 0.25) is 0 Å². The molecule has 1 fully saturated rings. The van der Waals surface area contributed by atoms with Crippen molar-refractivity contribution < 1.29 is 4.74 Å². The number of pyridine rings is 1. The van der Waals surface area contributed by atoms with Crippen LogP contribution in [0, 0.1) is 0 Å². The van der Waals surface area contributed by atoms with E-state index in [1.807, 2.05) is 0 Å². The van der Waals surface area contributed by atoms with Gasteiger partial charge >= 0.3 is 0 Å². The minimum Gasteiger partial charge on any atom is -0.378 e. The summed E-state index contributed by atoms with van der Waals surface area (Å²) in [6, 6.07) is 13.6. The fraction of sp³-hybridized carbons (Fsp3) is 0.381. The molecule has 2 aromatic heterocycles. The van der Waals surface area contributed by atoms with Crippen LogP contribution in [0.15, 0.2) is 41.8 Å². The fourth-order valence-electron chi connectivity index (χ4n) is 4.17. The highest BCUT2D eigenvalue weighted by atomic mass is 32.1. The Kier molecular flexibility index (Phi) is 4.15. The number of hydrogen-bond acceptors (Lipinski definition) is 5. The van der Waals surface area contributed by atoms with Crippen LogP contribution in [0.3, 0.4) is 0 Å². The van der Waals surface area contributed by atoms with Crippen molar-refractivity contribution in [1.29, 1.82) is 0 Å². The number of hydrogen-bond donors (Lipinski definition) is 0. The van der Waals surface area contributed by atoms with Crippen molar-refractivity contribution in [3.05, 3.63) is 58.6 Å². The first-order valence-corrected chi connectivity index (χ1v) is 10.1. The molecule has 4 nitrogen and oxygen atoms in total. The Balaban J connectivity index is 1.52. The average molecular weight is 366 g/mol. The first-order chi connectivity index (χ1) is 12.8. The van der Waals surface area contributed by atoms with Crippen molar-refractivity contribution >= 4 is 27.2 Å². The molecule has 4 heterocycles. The summed E-state index contributed by atoms with van der Waals surface area (Å²) in [5.74, 6) is 0.340. The molecule has 134 valence electrons. The van der Waals surface area contributed by atoms with Crippen LogP contribution >= 0.6 is 11.3 Å². The summed E-state index contributed by atoms with van der Waals surface area (Å²) in [4.78, 5) is 9.81. The standard InChI is InChI=1S/C21H23N3OS/c1-23-13-15-12-16(24-7-9-25-10-8-24)2-3-17(15)18(14-23)19-4-5-21-20(22-19)6-11-26-21/h2-6,11-12,18H,7-10,13-14H2,1H3. The first kappa shape index (κ1) is 16.2. The summed E-state index contributed by atoms with van der Waals surface area (Å²) in [5, 5.41) is 2.12.